The summed E-state index contributed by atoms with van der Waals surface area (Å²) in [5, 5.41) is 5.77. The molecule has 0 aliphatic carbocycles. The van der Waals surface area contributed by atoms with Crippen LogP contribution in [0.3, 0.4) is 0 Å². The molecule has 1 aliphatic rings. The van der Waals surface area contributed by atoms with E-state index in [4.69, 9.17) is 15.2 Å². The van der Waals surface area contributed by atoms with Gasteiger partial charge in [0, 0.05) is 25.2 Å². The first-order valence-corrected chi connectivity index (χ1v) is 9.89. The van der Waals surface area contributed by atoms with E-state index in [1.165, 1.54) is 0 Å². The quantitative estimate of drug-likeness (QED) is 0.272. The Morgan fingerprint density at radius 3 is 2.47 bits per heavy atom. The molecule has 2 aromatic rings. The van der Waals surface area contributed by atoms with E-state index in [9.17, 15) is 9.59 Å². The van der Waals surface area contributed by atoms with Gasteiger partial charge >= 0.3 is 0 Å². The number of ether oxygens (including phenoxy) is 2. The summed E-state index contributed by atoms with van der Waals surface area (Å²) in [4.78, 5) is 29.9. The highest BCUT2D eigenvalue weighted by Gasteiger charge is 2.22. The van der Waals surface area contributed by atoms with Crippen LogP contribution in [-0.4, -0.2) is 56.5 Å². The molecule has 0 atom stereocenters. The zero-order valence-electron chi connectivity index (χ0n) is 18.1. The number of hydrogen-bond donors (Lipinski definition) is 3. The lowest BCUT2D eigenvalue weighted by molar-refractivity contribution is -0.123. The Bertz CT molecular complexity index is 965. The molecule has 1 fully saturated rings. The number of piperazine rings is 1. The van der Waals surface area contributed by atoms with Gasteiger partial charge in [0.15, 0.2) is 17.5 Å². The number of benzene rings is 2. The fraction of sp³-hybridized carbons (Fsp3) is 0.318. The number of aliphatic imine (C=N–C) groups is 1. The van der Waals surface area contributed by atoms with Crippen LogP contribution in [0.4, 0.5) is 0 Å². The molecule has 2 amide bonds. The molecule has 1 saturated heterocycles. The van der Waals surface area contributed by atoms with Gasteiger partial charge in [0.05, 0.1) is 27.3 Å². The van der Waals surface area contributed by atoms with Crippen LogP contribution in [0.5, 0.6) is 11.5 Å². The van der Waals surface area contributed by atoms with Gasteiger partial charge in [-0.25, -0.2) is 4.99 Å². The van der Waals surface area contributed by atoms with Crippen LogP contribution < -0.4 is 25.8 Å². The van der Waals surface area contributed by atoms with Crippen molar-refractivity contribution >= 4 is 41.8 Å². The molecule has 10 heteroatoms. The van der Waals surface area contributed by atoms with Crippen molar-refractivity contribution in [1.82, 2.24) is 15.5 Å². The van der Waals surface area contributed by atoms with Gasteiger partial charge < -0.3 is 30.7 Å². The molecule has 1 aliphatic heterocycles. The summed E-state index contributed by atoms with van der Waals surface area (Å²) in [6.07, 6.45) is 0. The maximum Gasteiger partial charge on any atom is 0.254 e. The molecule has 0 spiro atoms. The summed E-state index contributed by atoms with van der Waals surface area (Å²) in [5.74, 6) is 1.33. The molecule has 0 bridgehead atoms. The fourth-order valence-corrected chi connectivity index (χ4v) is 3.16. The maximum absolute atomic E-state index is 12.5. The van der Waals surface area contributed by atoms with Gasteiger partial charge in [-0.2, -0.15) is 0 Å². The lowest BCUT2D eigenvalue weighted by atomic mass is 10.1. The minimum Gasteiger partial charge on any atom is -0.493 e. The third-order valence-corrected chi connectivity index (χ3v) is 4.88. The number of guanidine groups is 1. The summed E-state index contributed by atoms with van der Waals surface area (Å²) < 4.78 is 10.5. The number of nitrogens with two attached hydrogens (primary N) is 1. The largest absolute Gasteiger partial charge is 0.493 e. The van der Waals surface area contributed by atoms with Crippen molar-refractivity contribution in [2.24, 2.45) is 10.7 Å². The van der Waals surface area contributed by atoms with Crippen molar-refractivity contribution in [2.45, 2.75) is 13.1 Å². The molecule has 32 heavy (non-hydrogen) atoms. The minimum absolute atomic E-state index is 0. The van der Waals surface area contributed by atoms with E-state index in [0.29, 0.717) is 49.2 Å². The summed E-state index contributed by atoms with van der Waals surface area (Å²) in [7, 11) is 3.18. The van der Waals surface area contributed by atoms with E-state index in [1.807, 2.05) is 30.3 Å². The van der Waals surface area contributed by atoms with Crippen molar-refractivity contribution in [3.63, 3.8) is 0 Å². The second kappa shape index (κ2) is 12.1. The number of carbonyl (C=O) groups excluding carboxylic acids is 2. The number of hydrogen-bond acceptors (Lipinski definition) is 5. The first-order valence-electron chi connectivity index (χ1n) is 9.89. The number of carbonyl (C=O) groups is 2. The molecule has 9 nitrogen and oxygen atoms in total. The van der Waals surface area contributed by atoms with Crippen LogP contribution in [-0.2, 0) is 17.9 Å². The number of amides is 2. The second-order valence-corrected chi connectivity index (χ2v) is 7.02. The Morgan fingerprint density at radius 2 is 1.81 bits per heavy atom. The summed E-state index contributed by atoms with van der Waals surface area (Å²) in [6.45, 7) is 1.96. The molecule has 172 valence electrons. The molecule has 0 unspecified atom stereocenters. The van der Waals surface area contributed by atoms with Gasteiger partial charge in [-0.15, -0.1) is 24.0 Å². The van der Waals surface area contributed by atoms with Crippen LogP contribution in [0.15, 0.2) is 47.5 Å². The number of nitrogens with one attached hydrogen (secondary N) is 2. The standard InChI is InChI=1S/C22H27N5O4.HI/c1-30-18-8-5-16(11-19(18)31-2)13-26-22(23)25-12-15-3-6-17(7-4-15)21(29)27-10-9-24-20(28)14-27;/h3-8,11H,9-10,12-14H2,1-2H3,(H,24,28)(H3,23,25,26);1H. The number of halogens is 1. The van der Waals surface area contributed by atoms with Gasteiger partial charge in [-0.05, 0) is 35.4 Å². The van der Waals surface area contributed by atoms with Crippen LogP contribution in [0, 0.1) is 0 Å². The van der Waals surface area contributed by atoms with E-state index in [2.05, 4.69) is 15.6 Å². The summed E-state index contributed by atoms with van der Waals surface area (Å²) >= 11 is 0. The van der Waals surface area contributed by atoms with Gasteiger partial charge in [0.25, 0.3) is 5.91 Å². The first kappa shape index (κ1) is 25.2. The second-order valence-electron chi connectivity index (χ2n) is 7.02. The Kier molecular flexibility index (Phi) is 9.57. The minimum atomic E-state index is -0.148. The first-order chi connectivity index (χ1) is 15.0. The van der Waals surface area contributed by atoms with E-state index in [1.54, 1.807) is 31.3 Å². The molecule has 3 rings (SSSR count). The molecule has 0 saturated carbocycles. The van der Waals surface area contributed by atoms with Gasteiger partial charge in [0.1, 0.15) is 0 Å². The van der Waals surface area contributed by atoms with Crippen molar-refractivity contribution in [3.05, 3.63) is 59.2 Å². The highest BCUT2D eigenvalue weighted by atomic mass is 127. The lowest BCUT2D eigenvalue weighted by Gasteiger charge is -2.26. The Balaban J connectivity index is 0.00000363. The monoisotopic (exact) mass is 553 g/mol. The van der Waals surface area contributed by atoms with Crippen molar-refractivity contribution in [2.75, 3.05) is 33.9 Å². The Hall–Kier alpha value is -3.02. The zero-order valence-corrected chi connectivity index (χ0v) is 20.4. The smallest absolute Gasteiger partial charge is 0.254 e. The third kappa shape index (κ3) is 6.74. The highest BCUT2D eigenvalue weighted by molar-refractivity contribution is 14.0. The van der Waals surface area contributed by atoms with Crippen molar-refractivity contribution in [3.8, 4) is 11.5 Å². The number of rotatable bonds is 7. The van der Waals surface area contributed by atoms with Crippen molar-refractivity contribution < 1.29 is 19.1 Å². The van der Waals surface area contributed by atoms with E-state index < -0.39 is 0 Å². The molecule has 2 aromatic carbocycles. The number of nitrogens with zero attached hydrogens (tertiary/aromatic N) is 2. The molecule has 0 radical (unpaired) electrons. The number of methoxy groups -OCH3 is 2. The Labute approximate surface area is 204 Å². The van der Waals surface area contributed by atoms with Crippen LogP contribution in [0.2, 0.25) is 0 Å². The average molecular weight is 553 g/mol. The third-order valence-electron chi connectivity index (χ3n) is 4.88. The van der Waals surface area contributed by atoms with Crippen LogP contribution >= 0.6 is 24.0 Å². The van der Waals surface area contributed by atoms with Gasteiger partial charge in [-0.3, -0.25) is 9.59 Å². The van der Waals surface area contributed by atoms with Crippen LogP contribution in [0.1, 0.15) is 21.5 Å². The van der Waals surface area contributed by atoms with Crippen molar-refractivity contribution in [1.29, 1.82) is 0 Å². The summed E-state index contributed by atoms with van der Waals surface area (Å²) in [5.41, 5.74) is 8.42. The molecule has 4 N–H and O–H groups in total. The van der Waals surface area contributed by atoms with Gasteiger partial charge in [0.2, 0.25) is 5.91 Å². The normalized spacial score (nSPS) is 13.6. The van der Waals surface area contributed by atoms with E-state index in [0.717, 1.165) is 11.1 Å². The lowest BCUT2D eigenvalue weighted by Crippen LogP contribution is -2.49. The SMILES string of the molecule is COc1ccc(CN=C(N)NCc2ccc(C(=O)N3CCNC(=O)C3)cc2)cc1OC.I. The van der Waals surface area contributed by atoms with E-state index in [-0.39, 0.29) is 42.3 Å². The predicted octanol–water partition coefficient (Wildman–Crippen LogP) is 1.50. The molecular weight excluding hydrogens is 525 g/mol. The zero-order chi connectivity index (χ0) is 22.2. The van der Waals surface area contributed by atoms with Crippen LogP contribution in [0.25, 0.3) is 0 Å². The fourth-order valence-electron chi connectivity index (χ4n) is 3.16. The topological polar surface area (TPSA) is 118 Å². The maximum atomic E-state index is 12.5. The summed E-state index contributed by atoms with van der Waals surface area (Å²) in [6, 6.07) is 12.8. The highest BCUT2D eigenvalue weighted by Crippen LogP contribution is 2.27. The molecular formula is C22H28IN5O4. The van der Waals surface area contributed by atoms with Gasteiger partial charge in [-0.1, -0.05) is 18.2 Å². The average Bonchev–Trinajstić information content (AvgIpc) is 2.81. The predicted molar refractivity (Wildman–Crippen MR) is 132 cm³/mol. The molecule has 1 heterocycles. The van der Waals surface area contributed by atoms with E-state index >= 15 is 0 Å². The molecule has 0 aromatic heterocycles. The Morgan fingerprint density at radius 1 is 1.12 bits per heavy atom.